The fourth-order valence-electron chi connectivity index (χ4n) is 5.80. The summed E-state index contributed by atoms with van der Waals surface area (Å²) in [5.41, 5.74) is -0.0925. The summed E-state index contributed by atoms with van der Waals surface area (Å²) in [5, 5.41) is 29.3. The van der Waals surface area contributed by atoms with Gasteiger partial charge in [0, 0.05) is 19.6 Å². The van der Waals surface area contributed by atoms with Gasteiger partial charge in [-0.1, -0.05) is 94.4 Å². The fourth-order valence-corrected chi connectivity index (χ4v) is 7.42. The highest BCUT2D eigenvalue weighted by Crippen LogP contribution is 2.23. The van der Waals surface area contributed by atoms with Gasteiger partial charge in [-0.15, -0.1) is 0 Å². The molecule has 0 fully saturated rings. The van der Waals surface area contributed by atoms with Gasteiger partial charge in [-0.3, -0.25) is 14.5 Å². The number of aliphatic hydroxyl groups is 1. The monoisotopic (exact) mass is 797 g/mol. The SMILES string of the molecule is CC(C)CN(C[C@@H](O)[C@H](Cc1ccccc1)NC(=O)[C@@H](NC(=O)CN(Cc1cccc(F)c1)C(=O)OC(C)(C)C)C(C)(C)C)S(=O)(=O)c1ccc(/C=N/O)cc1. The summed E-state index contributed by atoms with van der Waals surface area (Å²) in [5.74, 6) is -1.96. The Bertz CT molecular complexity index is 1900. The Kier molecular flexibility index (Phi) is 16.1. The van der Waals surface area contributed by atoms with Crippen LogP contribution in [0, 0.1) is 17.2 Å². The van der Waals surface area contributed by atoms with Crippen molar-refractivity contribution < 1.29 is 42.2 Å². The van der Waals surface area contributed by atoms with Crippen LogP contribution < -0.4 is 10.6 Å². The van der Waals surface area contributed by atoms with Gasteiger partial charge in [0.05, 0.1) is 23.3 Å². The number of halogens is 1. The van der Waals surface area contributed by atoms with Crippen molar-refractivity contribution in [2.24, 2.45) is 16.5 Å². The number of nitrogens with one attached hydrogen (secondary N) is 2. The first kappa shape index (κ1) is 45.5. The van der Waals surface area contributed by atoms with Crippen molar-refractivity contribution >= 4 is 34.1 Å². The average Bonchev–Trinajstić information content (AvgIpc) is 3.09. The van der Waals surface area contributed by atoms with E-state index < -0.39 is 69.5 Å². The van der Waals surface area contributed by atoms with Crippen LogP contribution >= 0.6 is 0 Å². The molecule has 0 aliphatic heterocycles. The quantitative estimate of drug-likeness (QED) is 0.0804. The number of carbonyl (C=O) groups excluding carboxylic acids is 3. The Morgan fingerprint density at radius 1 is 0.893 bits per heavy atom. The summed E-state index contributed by atoms with van der Waals surface area (Å²) in [6.45, 7) is 13.0. The van der Waals surface area contributed by atoms with Crippen molar-refractivity contribution in [3.05, 3.63) is 101 Å². The molecule has 0 aliphatic carbocycles. The summed E-state index contributed by atoms with van der Waals surface area (Å²) in [7, 11) is -4.14. The maximum absolute atomic E-state index is 14.2. The molecular weight excluding hydrogens is 742 g/mol. The lowest BCUT2D eigenvalue weighted by Crippen LogP contribution is -2.59. The van der Waals surface area contributed by atoms with Crippen LogP contribution in [-0.4, -0.2) is 95.5 Å². The highest BCUT2D eigenvalue weighted by atomic mass is 32.2. The predicted molar refractivity (Wildman–Crippen MR) is 212 cm³/mol. The molecular formula is C41H56FN5O8S. The highest BCUT2D eigenvalue weighted by molar-refractivity contribution is 7.89. The zero-order chi connectivity index (χ0) is 41.8. The van der Waals surface area contributed by atoms with Gasteiger partial charge in [0.25, 0.3) is 0 Å². The van der Waals surface area contributed by atoms with Crippen LogP contribution in [-0.2, 0) is 37.3 Å². The summed E-state index contributed by atoms with van der Waals surface area (Å²) < 4.78 is 48.6. The maximum atomic E-state index is 14.2. The topological polar surface area (TPSA) is 178 Å². The third-order valence-electron chi connectivity index (χ3n) is 8.46. The lowest BCUT2D eigenvalue weighted by atomic mass is 9.85. The van der Waals surface area contributed by atoms with Crippen molar-refractivity contribution in [2.45, 2.75) is 97.0 Å². The Labute approximate surface area is 330 Å². The van der Waals surface area contributed by atoms with Crippen molar-refractivity contribution in [1.82, 2.24) is 19.8 Å². The van der Waals surface area contributed by atoms with E-state index in [9.17, 15) is 32.3 Å². The molecule has 4 N–H and O–H groups in total. The minimum absolute atomic E-state index is 0.0302. The smallest absolute Gasteiger partial charge is 0.411 e. The van der Waals surface area contributed by atoms with Crippen LogP contribution in [0.15, 0.2) is 88.9 Å². The van der Waals surface area contributed by atoms with E-state index in [0.29, 0.717) is 11.1 Å². The number of amides is 3. The second-order valence-corrected chi connectivity index (χ2v) is 18.2. The molecule has 0 radical (unpaired) electrons. The third-order valence-corrected chi connectivity index (χ3v) is 10.3. The number of hydrogen-bond acceptors (Lipinski definition) is 9. The minimum atomic E-state index is -4.14. The van der Waals surface area contributed by atoms with Crippen LogP contribution in [0.2, 0.25) is 0 Å². The molecule has 0 unspecified atom stereocenters. The van der Waals surface area contributed by atoms with E-state index in [4.69, 9.17) is 9.94 Å². The number of nitrogens with zero attached hydrogens (tertiary/aromatic N) is 3. The van der Waals surface area contributed by atoms with Gasteiger partial charge in [-0.2, -0.15) is 4.31 Å². The van der Waals surface area contributed by atoms with Crippen molar-refractivity contribution in [1.29, 1.82) is 0 Å². The van der Waals surface area contributed by atoms with Gasteiger partial charge in [-0.05, 0) is 79.5 Å². The number of oxime groups is 1. The number of aliphatic hydroxyl groups excluding tert-OH is 1. The van der Waals surface area contributed by atoms with Crippen LogP contribution in [0.4, 0.5) is 9.18 Å². The van der Waals surface area contributed by atoms with E-state index in [1.807, 2.05) is 32.0 Å². The van der Waals surface area contributed by atoms with Crippen LogP contribution in [0.1, 0.15) is 72.1 Å². The van der Waals surface area contributed by atoms with Gasteiger partial charge in [-0.25, -0.2) is 17.6 Å². The van der Waals surface area contributed by atoms with Gasteiger partial charge in [0.2, 0.25) is 21.8 Å². The van der Waals surface area contributed by atoms with Gasteiger partial charge in [0.15, 0.2) is 0 Å². The molecule has 0 bridgehead atoms. The molecule has 3 amide bonds. The van der Waals surface area contributed by atoms with E-state index in [-0.39, 0.29) is 36.9 Å². The molecule has 0 heterocycles. The molecule has 306 valence electrons. The standard InChI is InChI=1S/C41H56FN5O8S/c1-28(2)24-47(56(53,54)33-19-17-30(18-20-33)23-43-52)26-35(48)34(22-29-13-10-9-11-14-29)44-38(50)37(40(3,4)5)45-36(49)27-46(39(51)55-41(6,7)8)25-31-15-12-16-32(42)21-31/h9-21,23,28,34-35,37,48,52H,22,24-27H2,1-8H3,(H,44,50)(H,45,49)/b43-23+/t34-,35+,37+/m0/s1. The van der Waals surface area contributed by atoms with Gasteiger partial charge in [0.1, 0.15) is 24.0 Å². The van der Waals surface area contributed by atoms with Crippen LogP contribution in [0.3, 0.4) is 0 Å². The number of hydrogen-bond donors (Lipinski definition) is 4. The van der Waals surface area contributed by atoms with Gasteiger partial charge < -0.3 is 25.7 Å². The van der Waals surface area contributed by atoms with E-state index in [1.54, 1.807) is 59.7 Å². The first-order valence-corrected chi connectivity index (χ1v) is 19.8. The van der Waals surface area contributed by atoms with E-state index >= 15 is 0 Å². The molecule has 56 heavy (non-hydrogen) atoms. The molecule has 0 aromatic heterocycles. The minimum Gasteiger partial charge on any atom is -0.444 e. The number of sulfonamides is 1. The summed E-state index contributed by atoms with van der Waals surface area (Å²) in [6.07, 6.45) is -0.918. The van der Waals surface area contributed by atoms with E-state index in [1.165, 1.54) is 53.0 Å². The fraction of sp³-hybridized carbons (Fsp3) is 0.463. The molecule has 13 nitrogen and oxygen atoms in total. The molecule has 0 saturated heterocycles. The zero-order valence-electron chi connectivity index (χ0n) is 33.4. The molecule has 3 aromatic rings. The molecule has 0 saturated carbocycles. The third kappa shape index (κ3) is 14.3. The maximum Gasteiger partial charge on any atom is 0.411 e. The lowest BCUT2D eigenvalue weighted by molar-refractivity contribution is -0.133. The number of rotatable bonds is 17. The first-order chi connectivity index (χ1) is 26.1. The summed E-state index contributed by atoms with van der Waals surface area (Å²) >= 11 is 0. The molecule has 0 aliphatic rings. The molecule has 3 rings (SSSR count). The molecule has 3 atom stereocenters. The van der Waals surface area contributed by atoms with Crippen molar-refractivity contribution in [2.75, 3.05) is 19.6 Å². The highest BCUT2D eigenvalue weighted by Gasteiger charge is 2.37. The second kappa shape index (κ2) is 19.8. The largest absolute Gasteiger partial charge is 0.444 e. The Morgan fingerprint density at radius 3 is 2.07 bits per heavy atom. The summed E-state index contributed by atoms with van der Waals surface area (Å²) in [4.78, 5) is 42.1. The average molecular weight is 798 g/mol. The Morgan fingerprint density at radius 2 is 1.52 bits per heavy atom. The normalized spacial score (nSPS) is 14.0. The Balaban J connectivity index is 1.90. The predicted octanol–water partition coefficient (Wildman–Crippen LogP) is 5.34. The molecule has 0 spiro atoms. The van der Waals surface area contributed by atoms with E-state index in [2.05, 4.69) is 15.8 Å². The lowest BCUT2D eigenvalue weighted by Gasteiger charge is -2.35. The number of benzene rings is 3. The van der Waals surface area contributed by atoms with E-state index in [0.717, 1.165) is 10.5 Å². The first-order valence-electron chi connectivity index (χ1n) is 18.4. The number of carbonyl (C=O) groups is 3. The van der Waals surface area contributed by atoms with Crippen LogP contribution in [0.5, 0.6) is 0 Å². The van der Waals surface area contributed by atoms with Crippen molar-refractivity contribution in [3.8, 4) is 0 Å². The summed E-state index contributed by atoms with van der Waals surface area (Å²) in [6, 6.07) is 18.2. The van der Waals surface area contributed by atoms with Crippen LogP contribution in [0.25, 0.3) is 0 Å². The Hall–Kier alpha value is -4.86. The number of ether oxygens (including phenoxy) is 1. The molecule has 15 heteroatoms. The van der Waals surface area contributed by atoms with Crippen molar-refractivity contribution in [3.63, 3.8) is 0 Å². The zero-order valence-corrected chi connectivity index (χ0v) is 34.2. The van der Waals surface area contributed by atoms with Gasteiger partial charge >= 0.3 is 6.09 Å². The second-order valence-electron chi connectivity index (χ2n) is 16.2. The molecule has 3 aromatic carbocycles.